The molecule has 2 heterocycles. The number of aromatic nitrogens is 2. The second-order valence-electron chi connectivity index (χ2n) is 20.7. The van der Waals surface area contributed by atoms with Gasteiger partial charge in [-0.2, -0.15) is 0 Å². The van der Waals surface area contributed by atoms with Crippen molar-refractivity contribution in [1.82, 2.24) is 9.13 Å². The third-order valence-corrected chi connectivity index (χ3v) is 16.0. The van der Waals surface area contributed by atoms with Crippen molar-refractivity contribution in [3.8, 4) is 22.5 Å². The van der Waals surface area contributed by atoms with E-state index in [4.69, 9.17) is 0 Å². The molecule has 0 bridgehead atoms. The summed E-state index contributed by atoms with van der Waals surface area (Å²) in [6, 6.07) is 92.8. The topological polar surface area (TPSA) is 16.3 Å². The molecule has 0 aliphatic heterocycles. The van der Waals surface area contributed by atoms with Crippen LogP contribution in [0.2, 0.25) is 0 Å². The number of rotatable bonds is 11. The standard InChI is InChI=1S/C73H56N4/c1-73(77(62-40-34-55(35-41-62)53-20-8-3-9-21-53)64-43-45-72-68(51-64)66-27-15-17-29-70(66)76(72)59-24-12-5-13-25-59)48-46-57(47-49-73)56-32-38-61(39-33-56)74(60-36-30-54(31-37-60)52-18-6-2-7-19-52)63-42-44-71-67(50-63)65-26-14-16-28-69(65)75(71)58-22-10-4-11-23-58/h2-30,32-48,50-51,54H,31,49H2,1H3. The molecule has 0 radical (unpaired) electrons. The Hall–Kier alpha value is -9.64. The molecule has 14 rings (SSSR count). The number of nitrogens with zero attached hydrogens (tertiary/aromatic N) is 4. The summed E-state index contributed by atoms with van der Waals surface area (Å²) in [7, 11) is 0. The molecule has 0 spiro atoms. The van der Waals surface area contributed by atoms with E-state index in [2.05, 4.69) is 317 Å². The molecule has 0 saturated heterocycles. The van der Waals surface area contributed by atoms with E-state index in [9.17, 15) is 0 Å². The van der Waals surface area contributed by atoms with Gasteiger partial charge >= 0.3 is 0 Å². The van der Waals surface area contributed by atoms with Crippen molar-refractivity contribution in [1.29, 1.82) is 0 Å². The zero-order valence-electron chi connectivity index (χ0n) is 43.0. The maximum Gasteiger partial charge on any atom is 0.0643 e. The van der Waals surface area contributed by atoms with Crippen LogP contribution < -0.4 is 9.80 Å². The SMILES string of the molecule is CC1(N(c2ccc(-c3ccccc3)cc2)c2ccc3c(c2)c2ccccc2n3-c2ccccc2)C=CC(c2ccc(N(C3=CCC(c4ccccc4)C=C3)c3ccc4c(c3)c3ccccc3n4-c3ccccc3)cc2)=CC1. The van der Waals surface area contributed by atoms with E-state index in [0.29, 0.717) is 5.92 Å². The lowest BCUT2D eigenvalue weighted by Gasteiger charge is -2.42. The molecular formula is C73H56N4. The van der Waals surface area contributed by atoms with Crippen LogP contribution in [0.4, 0.5) is 22.7 Å². The number of fused-ring (bicyclic) bond motifs is 6. The molecule has 0 N–H and O–H groups in total. The van der Waals surface area contributed by atoms with Gasteiger partial charge in [-0.05, 0) is 151 Å². The molecule has 10 aromatic carbocycles. The Balaban J connectivity index is 0.820. The van der Waals surface area contributed by atoms with Crippen molar-refractivity contribution in [2.24, 2.45) is 0 Å². The summed E-state index contributed by atoms with van der Waals surface area (Å²) in [6.07, 6.45) is 16.0. The molecule has 0 amide bonds. The Labute approximate surface area is 450 Å². The van der Waals surface area contributed by atoms with Gasteiger partial charge in [0.25, 0.3) is 0 Å². The molecule has 2 atom stereocenters. The summed E-state index contributed by atoms with van der Waals surface area (Å²) in [5.74, 6) is 0.334. The summed E-state index contributed by atoms with van der Waals surface area (Å²) in [6.45, 7) is 2.38. The number of hydrogen-bond donors (Lipinski definition) is 0. The molecule has 77 heavy (non-hydrogen) atoms. The summed E-state index contributed by atoms with van der Waals surface area (Å²) in [4.78, 5) is 4.98. The first-order valence-corrected chi connectivity index (χ1v) is 26.9. The third kappa shape index (κ3) is 8.27. The van der Waals surface area contributed by atoms with E-state index in [1.54, 1.807) is 0 Å². The lowest BCUT2D eigenvalue weighted by Crippen LogP contribution is -2.42. The molecule has 4 nitrogen and oxygen atoms in total. The summed E-state index contributed by atoms with van der Waals surface area (Å²) in [5.41, 5.74) is 18.6. The largest absolute Gasteiger partial charge is 0.332 e. The van der Waals surface area contributed by atoms with Crippen LogP contribution in [0.1, 0.15) is 36.8 Å². The van der Waals surface area contributed by atoms with Gasteiger partial charge in [-0.25, -0.2) is 0 Å². The molecule has 2 aliphatic rings. The number of benzene rings is 10. The average Bonchev–Trinajstić information content (AvgIpc) is 4.13. The van der Waals surface area contributed by atoms with Crippen molar-refractivity contribution in [3.63, 3.8) is 0 Å². The van der Waals surface area contributed by atoms with Crippen LogP contribution in [0, 0.1) is 0 Å². The van der Waals surface area contributed by atoms with E-state index in [1.165, 1.54) is 77.1 Å². The minimum atomic E-state index is -0.375. The monoisotopic (exact) mass is 988 g/mol. The van der Waals surface area contributed by atoms with Crippen molar-refractivity contribution < 1.29 is 0 Å². The summed E-state index contributed by atoms with van der Waals surface area (Å²) < 4.78 is 4.78. The molecule has 2 aromatic heterocycles. The Morgan fingerprint density at radius 2 is 0.883 bits per heavy atom. The van der Waals surface area contributed by atoms with E-state index in [-0.39, 0.29) is 5.54 Å². The Bertz CT molecular complexity index is 4260. The highest BCUT2D eigenvalue weighted by Crippen LogP contribution is 2.45. The van der Waals surface area contributed by atoms with Gasteiger partial charge in [0.15, 0.2) is 0 Å². The molecule has 0 saturated carbocycles. The van der Waals surface area contributed by atoms with E-state index in [0.717, 1.165) is 47.0 Å². The molecular weight excluding hydrogens is 933 g/mol. The van der Waals surface area contributed by atoms with Gasteiger partial charge in [0.05, 0.1) is 27.6 Å². The van der Waals surface area contributed by atoms with Gasteiger partial charge in [-0.3, -0.25) is 0 Å². The van der Waals surface area contributed by atoms with Gasteiger partial charge in [0.2, 0.25) is 0 Å². The fourth-order valence-electron chi connectivity index (χ4n) is 12.2. The Morgan fingerprint density at radius 1 is 0.403 bits per heavy atom. The summed E-state index contributed by atoms with van der Waals surface area (Å²) >= 11 is 0. The minimum absolute atomic E-state index is 0.334. The van der Waals surface area contributed by atoms with Gasteiger partial charge in [0.1, 0.15) is 0 Å². The minimum Gasteiger partial charge on any atom is -0.332 e. The third-order valence-electron chi connectivity index (χ3n) is 16.0. The lowest BCUT2D eigenvalue weighted by molar-refractivity contribution is 0.571. The molecule has 368 valence electrons. The van der Waals surface area contributed by atoms with Crippen LogP contribution >= 0.6 is 0 Å². The predicted molar refractivity (Wildman–Crippen MR) is 325 cm³/mol. The first-order chi connectivity index (χ1) is 38.0. The fourth-order valence-corrected chi connectivity index (χ4v) is 12.2. The van der Waals surface area contributed by atoms with Gasteiger partial charge in [-0.1, -0.05) is 188 Å². The van der Waals surface area contributed by atoms with E-state index < -0.39 is 0 Å². The number of hydrogen-bond acceptors (Lipinski definition) is 2. The molecule has 2 aliphatic carbocycles. The zero-order chi connectivity index (χ0) is 51.3. The van der Waals surface area contributed by atoms with Gasteiger partial charge in [0, 0.05) is 67.3 Å². The van der Waals surface area contributed by atoms with E-state index in [1.807, 2.05) is 0 Å². The average molecular weight is 989 g/mol. The number of allylic oxidation sites excluding steroid dienone is 5. The quantitative estimate of drug-likeness (QED) is 0.128. The second-order valence-corrected chi connectivity index (χ2v) is 20.7. The van der Waals surface area contributed by atoms with Crippen LogP contribution in [-0.2, 0) is 0 Å². The summed E-state index contributed by atoms with van der Waals surface area (Å²) in [5, 5.41) is 4.94. The molecule has 0 fully saturated rings. The highest BCUT2D eigenvalue weighted by atomic mass is 15.2. The van der Waals surface area contributed by atoms with Crippen LogP contribution in [0.25, 0.3) is 71.7 Å². The molecule has 12 aromatic rings. The fraction of sp³-hybridized carbons (Fsp3) is 0.0685. The van der Waals surface area contributed by atoms with Crippen molar-refractivity contribution in [3.05, 3.63) is 308 Å². The van der Waals surface area contributed by atoms with Gasteiger partial charge < -0.3 is 18.9 Å². The number of para-hydroxylation sites is 4. The first-order valence-electron chi connectivity index (χ1n) is 26.9. The van der Waals surface area contributed by atoms with Crippen molar-refractivity contribution >= 4 is 71.9 Å². The van der Waals surface area contributed by atoms with Gasteiger partial charge in [-0.15, -0.1) is 0 Å². The van der Waals surface area contributed by atoms with Crippen LogP contribution in [-0.4, -0.2) is 14.7 Å². The zero-order valence-corrected chi connectivity index (χ0v) is 43.0. The predicted octanol–water partition coefficient (Wildman–Crippen LogP) is 19.3. The smallest absolute Gasteiger partial charge is 0.0643 e. The van der Waals surface area contributed by atoms with Crippen molar-refractivity contribution in [2.75, 3.05) is 9.80 Å². The number of anilines is 4. The highest BCUT2D eigenvalue weighted by Gasteiger charge is 2.33. The molecule has 2 unspecified atom stereocenters. The highest BCUT2D eigenvalue weighted by molar-refractivity contribution is 6.12. The van der Waals surface area contributed by atoms with Crippen LogP contribution in [0.3, 0.4) is 0 Å². The van der Waals surface area contributed by atoms with Crippen LogP contribution in [0.15, 0.2) is 297 Å². The van der Waals surface area contributed by atoms with Crippen LogP contribution in [0.5, 0.6) is 0 Å². The lowest BCUT2D eigenvalue weighted by atomic mass is 9.85. The van der Waals surface area contributed by atoms with E-state index >= 15 is 0 Å². The maximum atomic E-state index is 2.54. The first kappa shape index (κ1) is 45.9. The van der Waals surface area contributed by atoms with Crippen molar-refractivity contribution in [2.45, 2.75) is 31.2 Å². The Morgan fingerprint density at radius 3 is 1.45 bits per heavy atom. The second kappa shape index (κ2) is 19.2. The Kier molecular flexibility index (Phi) is 11.5. The molecule has 4 heteroatoms. The normalized spacial score (nSPS) is 16.2. The maximum absolute atomic E-state index is 2.54.